The number of hydrogen-bond acceptors (Lipinski definition) is 4. The maximum absolute atomic E-state index is 12.5. The van der Waals surface area contributed by atoms with Crippen LogP contribution in [0.4, 0.5) is 0 Å². The molecule has 2 atom stereocenters. The van der Waals surface area contributed by atoms with Gasteiger partial charge in [0.15, 0.2) is 5.76 Å². The van der Waals surface area contributed by atoms with Gasteiger partial charge in [-0.25, -0.2) is 0 Å². The molecule has 3 rings (SSSR count). The SMILES string of the molecule is CC(=O)N1CCCC2(CNC(=O)c3oc(CO)cc3C)CCCC12. The predicted octanol–water partition coefficient (Wildman–Crippen LogP) is 1.99. The Hall–Kier alpha value is -1.82. The van der Waals surface area contributed by atoms with Crippen LogP contribution in [0.1, 0.15) is 60.9 Å². The van der Waals surface area contributed by atoms with E-state index in [4.69, 9.17) is 9.52 Å². The van der Waals surface area contributed by atoms with E-state index in [9.17, 15) is 9.59 Å². The summed E-state index contributed by atoms with van der Waals surface area (Å²) in [6, 6.07) is 1.92. The zero-order chi connectivity index (χ0) is 17.3. The van der Waals surface area contributed by atoms with Crippen LogP contribution in [0.5, 0.6) is 0 Å². The first kappa shape index (κ1) is 17.0. The summed E-state index contributed by atoms with van der Waals surface area (Å²) in [7, 11) is 0. The number of piperidine rings is 1. The van der Waals surface area contributed by atoms with Crippen molar-refractivity contribution in [1.29, 1.82) is 0 Å². The normalized spacial score (nSPS) is 26.3. The third-order valence-electron chi connectivity index (χ3n) is 5.65. The van der Waals surface area contributed by atoms with Crippen molar-refractivity contribution in [2.24, 2.45) is 5.41 Å². The van der Waals surface area contributed by atoms with Crippen molar-refractivity contribution in [3.63, 3.8) is 0 Å². The molecule has 2 aliphatic rings. The number of carbonyl (C=O) groups excluding carboxylic acids is 2. The quantitative estimate of drug-likeness (QED) is 0.882. The lowest BCUT2D eigenvalue weighted by Gasteiger charge is -2.46. The fourth-order valence-electron chi connectivity index (χ4n) is 4.52. The van der Waals surface area contributed by atoms with Crippen LogP contribution >= 0.6 is 0 Å². The Balaban J connectivity index is 1.71. The summed E-state index contributed by atoms with van der Waals surface area (Å²) >= 11 is 0. The molecule has 0 aromatic carbocycles. The fraction of sp³-hybridized carbons (Fsp3) is 0.667. The van der Waals surface area contributed by atoms with E-state index in [0.717, 1.165) is 44.2 Å². The van der Waals surface area contributed by atoms with Crippen molar-refractivity contribution < 1.29 is 19.1 Å². The Labute approximate surface area is 142 Å². The first-order chi connectivity index (χ1) is 11.5. The molecule has 0 radical (unpaired) electrons. The summed E-state index contributed by atoms with van der Waals surface area (Å²) < 4.78 is 5.41. The Kier molecular flexibility index (Phi) is 4.67. The van der Waals surface area contributed by atoms with Gasteiger partial charge in [-0.3, -0.25) is 9.59 Å². The number of aliphatic hydroxyl groups excluding tert-OH is 1. The molecule has 0 spiro atoms. The molecule has 2 amide bonds. The number of amides is 2. The van der Waals surface area contributed by atoms with E-state index in [0.29, 0.717) is 12.3 Å². The number of aryl methyl sites for hydroxylation is 1. The maximum Gasteiger partial charge on any atom is 0.287 e. The van der Waals surface area contributed by atoms with Crippen molar-refractivity contribution >= 4 is 11.8 Å². The number of fused-ring (bicyclic) bond motifs is 1. The lowest BCUT2D eigenvalue weighted by atomic mass is 9.74. The second-order valence-electron chi connectivity index (χ2n) is 7.15. The average molecular weight is 334 g/mol. The molecule has 24 heavy (non-hydrogen) atoms. The van der Waals surface area contributed by atoms with Gasteiger partial charge in [0.2, 0.25) is 5.91 Å². The summed E-state index contributed by atoms with van der Waals surface area (Å²) in [4.78, 5) is 26.4. The van der Waals surface area contributed by atoms with Crippen LogP contribution in [-0.4, -0.2) is 41.0 Å². The lowest BCUT2D eigenvalue weighted by Crippen LogP contribution is -2.55. The zero-order valence-electron chi connectivity index (χ0n) is 14.4. The molecule has 1 aliphatic heterocycles. The molecule has 2 fully saturated rings. The molecule has 1 aromatic rings. The Bertz CT molecular complexity index is 639. The van der Waals surface area contributed by atoms with Gasteiger partial charge in [-0.15, -0.1) is 0 Å². The first-order valence-corrected chi connectivity index (χ1v) is 8.72. The highest BCUT2D eigenvalue weighted by molar-refractivity contribution is 5.92. The van der Waals surface area contributed by atoms with Gasteiger partial charge in [0.25, 0.3) is 5.91 Å². The van der Waals surface area contributed by atoms with Gasteiger partial charge < -0.3 is 19.7 Å². The summed E-state index contributed by atoms with van der Waals surface area (Å²) in [5.41, 5.74) is 0.714. The lowest BCUT2D eigenvalue weighted by molar-refractivity contribution is -0.135. The van der Waals surface area contributed by atoms with E-state index in [1.54, 1.807) is 19.9 Å². The summed E-state index contributed by atoms with van der Waals surface area (Å²) in [5, 5.41) is 12.1. The van der Waals surface area contributed by atoms with Gasteiger partial charge in [-0.05, 0) is 38.7 Å². The van der Waals surface area contributed by atoms with Gasteiger partial charge in [0.1, 0.15) is 12.4 Å². The Morgan fingerprint density at radius 1 is 1.42 bits per heavy atom. The molecule has 1 saturated heterocycles. The van der Waals surface area contributed by atoms with Crippen LogP contribution in [0.2, 0.25) is 0 Å². The number of aliphatic hydroxyl groups is 1. The van der Waals surface area contributed by atoms with Crippen molar-refractivity contribution in [3.05, 3.63) is 23.2 Å². The monoisotopic (exact) mass is 334 g/mol. The van der Waals surface area contributed by atoms with Gasteiger partial charge >= 0.3 is 0 Å². The van der Waals surface area contributed by atoms with Gasteiger partial charge in [0.05, 0.1) is 0 Å². The topological polar surface area (TPSA) is 82.8 Å². The van der Waals surface area contributed by atoms with E-state index in [2.05, 4.69) is 5.32 Å². The summed E-state index contributed by atoms with van der Waals surface area (Å²) in [6.45, 7) is 4.61. The average Bonchev–Trinajstić information content (AvgIpc) is 3.15. The predicted molar refractivity (Wildman–Crippen MR) is 88.4 cm³/mol. The van der Waals surface area contributed by atoms with Crippen molar-refractivity contribution in [3.8, 4) is 0 Å². The van der Waals surface area contributed by atoms with Gasteiger partial charge in [0, 0.05) is 37.0 Å². The minimum atomic E-state index is -0.243. The van der Waals surface area contributed by atoms with E-state index in [1.807, 2.05) is 4.90 Å². The molecule has 1 aliphatic carbocycles. The number of rotatable bonds is 4. The largest absolute Gasteiger partial charge is 0.453 e. The Morgan fingerprint density at radius 3 is 2.83 bits per heavy atom. The first-order valence-electron chi connectivity index (χ1n) is 8.72. The molecule has 2 N–H and O–H groups in total. The highest BCUT2D eigenvalue weighted by Crippen LogP contribution is 2.47. The molecule has 2 unspecified atom stereocenters. The molecule has 2 heterocycles. The van der Waals surface area contributed by atoms with Crippen LogP contribution in [0.3, 0.4) is 0 Å². The van der Waals surface area contributed by atoms with E-state index >= 15 is 0 Å². The fourth-order valence-corrected chi connectivity index (χ4v) is 4.52. The molecule has 1 aromatic heterocycles. The molecule has 1 saturated carbocycles. The van der Waals surface area contributed by atoms with Crippen LogP contribution < -0.4 is 5.32 Å². The molecular formula is C18H26N2O4. The summed E-state index contributed by atoms with van der Waals surface area (Å²) in [5.74, 6) is 0.554. The molecule has 6 heteroatoms. The minimum Gasteiger partial charge on any atom is -0.453 e. The van der Waals surface area contributed by atoms with Crippen molar-refractivity contribution in [2.45, 2.75) is 58.6 Å². The standard InChI is InChI=1S/C18H26N2O4/c1-12-9-14(10-21)24-16(12)17(23)19-11-18-6-3-5-15(18)20(13(2)22)8-4-7-18/h9,15,21H,3-8,10-11H2,1-2H3,(H,19,23). The third-order valence-corrected chi connectivity index (χ3v) is 5.65. The maximum atomic E-state index is 12.5. The molecule has 6 nitrogen and oxygen atoms in total. The third kappa shape index (κ3) is 2.95. The minimum absolute atomic E-state index is 0.0140. The highest BCUT2D eigenvalue weighted by atomic mass is 16.4. The number of furan rings is 1. The molecule has 0 bridgehead atoms. The number of carbonyl (C=O) groups is 2. The number of nitrogens with zero attached hydrogens (tertiary/aromatic N) is 1. The zero-order valence-corrected chi connectivity index (χ0v) is 14.4. The molecule has 132 valence electrons. The van der Waals surface area contributed by atoms with Crippen LogP contribution in [0, 0.1) is 12.3 Å². The van der Waals surface area contributed by atoms with Crippen molar-refractivity contribution in [2.75, 3.05) is 13.1 Å². The second kappa shape index (κ2) is 6.59. The summed E-state index contributed by atoms with van der Waals surface area (Å²) in [6.07, 6.45) is 5.19. The van der Waals surface area contributed by atoms with Crippen molar-refractivity contribution in [1.82, 2.24) is 10.2 Å². The smallest absolute Gasteiger partial charge is 0.287 e. The Morgan fingerprint density at radius 2 is 2.17 bits per heavy atom. The highest BCUT2D eigenvalue weighted by Gasteiger charge is 2.48. The number of nitrogens with one attached hydrogen (secondary N) is 1. The number of hydrogen-bond donors (Lipinski definition) is 2. The van der Waals surface area contributed by atoms with Crippen LogP contribution in [0.25, 0.3) is 0 Å². The van der Waals surface area contributed by atoms with E-state index in [1.165, 1.54) is 0 Å². The van der Waals surface area contributed by atoms with E-state index < -0.39 is 0 Å². The van der Waals surface area contributed by atoms with Gasteiger partial charge in [-0.1, -0.05) is 6.42 Å². The van der Waals surface area contributed by atoms with Crippen LogP contribution in [0.15, 0.2) is 10.5 Å². The van der Waals surface area contributed by atoms with Gasteiger partial charge in [-0.2, -0.15) is 0 Å². The second-order valence-corrected chi connectivity index (χ2v) is 7.15. The van der Waals surface area contributed by atoms with Crippen LogP contribution in [-0.2, 0) is 11.4 Å². The van der Waals surface area contributed by atoms with E-state index in [-0.39, 0.29) is 35.6 Å². The molecular weight excluding hydrogens is 308 g/mol. The number of likely N-dealkylation sites (tertiary alicyclic amines) is 1.